The third-order valence-electron chi connectivity index (χ3n) is 14.4. The molecule has 0 aromatic heterocycles. The Morgan fingerprint density at radius 1 is 0.456 bits per heavy atom. The van der Waals surface area contributed by atoms with E-state index in [2.05, 4.69) is 112 Å². The van der Waals surface area contributed by atoms with Crippen LogP contribution in [0, 0.1) is 27.7 Å². The highest BCUT2D eigenvalue weighted by atomic mass is 79.9. The highest BCUT2D eigenvalue weighted by Gasteiger charge is 2.61. The summed E-state index contributed by atoms with van der Waals surface area (Å²) in [7, 11) is -12.1. The van der Waals surface area contributed by atoms with Gasteiger partial charge >= 0.3 is 31.3 Å². The highest BCUT2D eigenvalue weighted by Crippen LogP contribution is 2.69. The topological polar surface area (TPSA) is 127 Å². The van der Waals surface area contributed by atoms with Gasteiger partial charge in [0.15, 0.2) is 11.5 Å². The van der Waals surface area contributed by atoms with Crippen molar-refractivity contribution >= 4 is 84.0 Å². The zero-order chi connectivity index (χ0) is 51.6. The summed E-state index contributed by atoms with van der Waals surface area (Å²) in [5.74, 6) is -0.512. The van der Waals surface area contributed by atoms with Gasteiger partial charge in [0.2, 0.25) is 0 Å². The molecule has 4 aromatic carbocycles. The molecule has 68 heavy (non-hydrogen) atoms. The highest BCUT2D eigenvalue weighted by molar-refractivity contribution is 9.11. The van der Waals surface area contributed by atoms with E-state index in [0.29, 0.717) is 46.6 Å². The van der Waals surface area contributed by atoms with Crippen LogP contribution in [0.3, 0.4) is 0 Å². The van der Waals surface area contributed by atoms with Crippen LogP contribution in [-0.4, -0.2) is 38.1 Å². The number of hydrogen-bond acceptors (Lipinski definition) is 8. The molecular weight excluding hydrogens is 1200 g/mol. The maximum atomic E-state index is 13.2. The average Bonchev–Trinajstić information content (AvgIpc) is 3.71. The predicted molar refractivity (Wildman–Crippen MR) is 262 cm³/mol. The number of phenols is 2. The number of rotatable bonds is 4. The van der Waals surface area contributed by atoms with Gasteiger partial charge in [-0.15, -0.1) is 0 Å². The molecule has 4 aliphatic carbocycles. The van der Waals surface area contributed by atoms with E-state index in [0.717, 1.165) is 32.9 Å². The number of phenolic OH excluding ortho intramolecular Hbond substituents is 2. The zero-order valence-electron chi connectivity index (χ0n) is 39.1. The molecule has 0 aliphatic heterocycles. The van der Waals surface area contributed by atoms with Gasteiger partial charge in [-0.3, -0.25) is 0 Å². The van der Waals surface area contributed by atoms with E-state index >= 15 is 0 Å². The molecule has 4 aliphatic rings. The van der Waals surface area contributed by atoms with Gasteiger partial charge in [0.25, 0.3) is 0 Å². The molecule has 0 heterocycles. The first-order valence-corrected chi connectivity index (χ1v) is 27.3. The van der Waals surface area contributed by atoms with Gasteiger partial charge in [0, 0.05) is 10.8 Å². The fourth-order valence-corrected chi connectivity index (χ4v) is 17.1. The fraction of sp³-hybridized carbons (Fsp3) is 0.500. The lowest BCUT2D eigenvalue weighted by atomic mass is 9.72. The van der Waals surface area contributed by atoms with Crippen molar-refractivity contribution in [1.29, 1.82) is 0 Å². The largest absolute Gasteiger partial charge is 0.534 e. The number of fused-ring (bicyclic) bond motifs is 8. The van der Waals surface area contributed by atoms with Crippen LogP contribution in [0.15, 0.2) is 42.2 Å². The minimum atomic E-state index is -6.05. The average molecular weight is 1250 g/mol. The van der Waals surface area contributed by atoms with Gasteiger partial charge in [-0.05, 0) is 206 Å². The van der Waals surface area contributed by atoms with Crippen LogP contribution in [0.25, 0.3) is 0 Å². The zero-order valence-corrected chi connectivity index (χ0v) is 47.1. The number of alkyl halides is 6. The van der Waals surface area contributed by atoms with Crippen molar-refractivity contribution in [2.45, 2.75) is 152 Å². The van der Waals surface area contributed by atoms with Crippen molar-refractivity contribution in [3.63, 3.8) is 0 Å². The second kappa shape index (κ2) is 16.0. The van der Waals surface area contributed by atoms with E-state index < -0.39 is 59.0 Å². The molecule has 0 fully saturated rings. The predicted octanol–water partition coefficient (Wildman–Crippen LogP) is 14.8. The van der Waals surface area contributed by atoms with Gasteiger partial charge in [0.1, 0.15) is 11.5 Å². The van der Waals surface area contributed by atoms with Crippen molar-refractivity contribution in [2.24, 2.45) is 0 Å². The second-order valence-electron chi connectivity index (χ2n) is 21.4. The van der Waals surface area contributed by atoms with Gasteiger partial charge < -0.3 is 18.6 Å². The summed E-state index contributed by atoms with van der Waals surface area (Å²) in [6.45, 7) is 23.4. The third kappa shape index (κ3) is 7.87. The van der Waals surface area contributed by atoms with Crippen LogP contribution in [-0.2, 0) is 52.7 Å². The molecule has 0 unspecified atom stereocenters. The Kier molecular flexibility index (Phi) is 12.5. The molecule has 0 saturated carbocycles. The first-order valence-electron chi connectivity index (χ1n) is 21.3. The fourth-order valence-electron chi connectivity index (χ4n) is 12.1. The normalized spacial score (nSPS) is 19.9. The van der Waals surface area contributed by atoms with Crippen molar-refractivity contribution in [3.8, 4) is 23.0 Å². The monoisotopic (exact) mass is 1250 g/mol. The SMILES string of the molecule is Cc1cc2c(c(Br)c1O)C1(CC2(C)C)CC(C)(C)c2cc(C)c(O)c(Br)c21.Cc1cc2c(c(Br)c1OS(=O)(=O)C(F)(F)F)C1(CC2(C)C)CC(C)(C)c2cc(C)c(OS(=O)(=O)C(F)(F)F)c(Br)c21. The molecule has 0 amide bonds. The number of halogens is 10. The Balaban J connectivity index is 0.000000218. The number of benzene rings is 4. The van der Waals surface area contributed by atoms with Crippen molar-refractivity contribution in [2.75, 3.05) is 0 Å². The summed E-state index contributed by atoms with van der Waals surface area (Å²) in [5.41, 5.74) is -5.09. The van der Waals surface area contributed by atoms with Crippen LogP contribution in [0.4, 0.5) is 26.3 Å². The third-order valence-corrected chi connectivity index (χ3v) is 19.4. The van der Waals surface area contributed by atoms with E-state index in [1.54, 1.807) is 0 Å². The first-order chi connectivity index (χ1) is 30.5. The lowest BCUT2D eigenvalue weighted by Crippen LogP contribution is -2.30. The van der Waals surface area contributed by atoms with Crippen LogP contribution < -0.4 is 8.37 Å². The Morgan fingerprint density at radius 3 is 0.912 bits per heavy atom. The molecule has 0 bridgehead atoms. The van der Waals surface area contributed by atoms with E-state index in [4.69, 9.17) is 0 Å². The van der Waals surface area contributed by atoms with Crippen LogP contribution in [0.5, 0.6) is 23.0 Å². The van der Waals surface area contributed by atoms with Crippen molar-refractivity contribution in [1.82, 2.24) is 0 Å². The van der Waals surface area contributed by atoms with E-state index in [1.807, 2.05) is 41.5 Å². The summed E-state index contributed by atoms with van der Waals surface area (Å²) >= 11 is 14.1. The van der Waals surface area contributed by atoms with Gasteiger partial charge in [0.05, 0.1) is 17.9 Å². The van der Waals surface area contributed by atoms with Crippen LogP contribution >= 0.6 is 63.7 Å². The molecule has 2 spiro atoms. The molecule has 8 rings (SSSR count). The maximum Gasteiger partial charge on any atom is 0.534 e. The number of hydrogen-bond donors (Lipinski definition) is 2. The standard InChI is InChI=1S/C25H24Br2F6O6S2.C23H26Br2O2/c1-11-7-13-15(17(26)19(11)38-40(34,35)24(28,29)30)23(9-21(13,3)4)10-22(5,6)14-8-12(2)20(18(27)16(14)23)39-41(36,37)25(31,32)33;1-11-7-13-15(17(24)19(11)26)23(9-21(13,3)4)10-22(5,6)14-8-12(2)20(27)18(25)16(14)23/h7-8H,9-10H2,1-6H3;7-8,26-27H,9-10H2,1-6H3. The molecule has 0 radical (unpaired) electrons. The molecule has 0 atom stereocenters. The van der Waals surface area contributed by atoms with E-state index in [1.165, 1.54) is 48.2 Å². The number of aromatic hydroxyl groups is 2. The summed E-state index contributed by atoms with van der Waals surface area (Å²) in [6.07, 6.45) is 2.50. The van der Waals surface area contributed by atoms with Gasteiger partial charge in [-0.25, -0.2) is 0 Å². The van der Waals surface area contributed by atoms with Crippen molar-refractivity contribution in [3.05, 3.63) is 109 Å². The molecule has 20 heteroatoms. The van der Waals surface area contributed by atoms with Crippen molar-refractivity contribution < 1.29 is 61.8 Å². The van der Waals surface area contributed by atoms with Crippen LogP contribution in [0.1, 0.15) is 148 Å². The van der Waals surface area contributed by atoms with Crippen LogP contribution in [0.2, 0.25) is 0 Å². The van der Waals surface area contributed by atoms with E-state index in [-0.39, 0.29) is 36.3 Å². The molecule has 2 N–H and O–H groups in total. The van der Waals surface area contributed by atoms with E-state index in [9.17, 15) is 53.4 Å². The lowest BCUT2D eigenvalue weighted by molar-refractivity contribution is -0.0505. The first kappa shape index (κ1) is 53.3. The second-order valence-corrected chi connectivity index (χ2v) is 27.7. The molecular formula is C48H50Br4F6O8S2. The minimum Gasteiger partial charge on any atom is -0.506 e. The Bertz CT molecular complexity index is 2900. The lowest BCUT2D eigenvalue weighted by Gasteiger charge is -2.32. The Labute approximate surface area is 426 Å². The molecule has 8 nitrogen and oxygen atoms in total. The summed E-state index contributed by atoms with van der Waals surface area (Å²) in [4.78, 5) is 0. The summed E-state index contributed by atoms with van der Waals surface area (Å²) in [5, 5.41) is 21.4. The summed E-state index contributed by atoms with van der Waals surface area (Å²) < 4.78 is 138. The number of aryl methyl sites for hydroxylation is 4. The van der Waals surface area contributed by atoms with Gasteiger partial charge in [-0.2, -0.15) is 43.2 Å². The smallest absolute Gasteiger partial charge is 0.506 e. The molecule has 372 valence electrons. The minimum absolute atomic E-state index is 0.0199. The maximum absolute atomic E-state index is 13.2. The quantitative estimate of drug-likeness (QED) is 0.118. The summed E-state index contributed by atoms with van der Waals surface area (Å²) in [6, 6.07) is 7.37. The Morgan fingerprint density at radius 2 is 0.676 bits per heavy atom. The van der Waals surface area contributed by atoms with Gasteiger partial charge in [-0.1, -0.05) is 79.7 Å². The Hall–Kier alpha value is -2.52. The molecule has 0 saturated heterocycles. The molecule has 4 aromatic rings.